The summed E-state index contributed by atoms with van der Waals surface area (Å²) < 4.78 is 2.22. The second-order valence-electron chi connectivity index (χ2n) is 4.87. The number of carbonyl (C=O) groups is 1. The lowest BCUT2D eigenvalue weighted by molar-refractivity contribution is -0.131. The van der Waals surface area contributed by atoms with Crippen molar-refractivity contribution in [3.8, 4) is 11.4 Å². The van der Waals surface area contributed by atoms with Gasteiger partial charge in [-0.05, 0) is 39.1 Å². The van der Waals surface area contributed by atoms with Gasteiger partial charge in [0.25, 0.3) is 0 Å². The number of aromatic amines is 1. The molecule has 2 rings (SSSR count). The first-order chi connectivity index (χ1) is 10.1. The predicted octanol–water partition coefficient (Wildman–Crippen LogP) is 2.78. The number of aromatic nitrogens is 3. The Morgan fingerprint density at radius 2 is 2.10 bits per heavy atom. The van der Waals surface area contributed by atoms with Gasteiger partial charge in [0.2, 0.25) is 5.91 Å². The molecule has 0 radical (unpaired) electrons. The summed E-state index contributed by atoms with van der Waals surface area (Å²) >= 11 is 5.26. The van der Waals surface area contributed by atoms with E-state index in [0.717, 1.165) is 11.1 Å². The van der Waals surface area contributed by atoms with Crippen LogP contribution in [0.4, 0.5) is 0 Å². The van der Waals surface area contributed by atoms with Gasteiger partial charge >= 0.3 is 0 Å². The molecule has 1 heterocycles. The van der Waals surface area contributed by atoms with Gasteiger partial charge in [-0.3, -0.25) is 14.5 Å². The van der Waals surface area contributed by atoms with Crippen LogP contribution in [-0.4, -0.2) is 38.7 Å². The lowest BCUT2D eigenvalue weighted by atomic mass is 10.1. The molecular weight excluding hydrogens is 284 g/mol. The number of H-pyrrole nitrogens is 1. The van der Waals surface area contributed by atoms with Crippen LogP contribution in [-0.2, 0) is 11.3 Å². The first-order valence-corrected chi connectivity index (χ1v) is 7.47. The smallest absolute Gasteiger partial charge is 0.242 e. The Hall–Kier alpha value is -1.95. The summed E-state index contributed by atoms with van der Waals surface area (Å²) in [5.41, 5.74) is 2.10. The summed E-state index contributed by atoms with van der Waals surface area (Å²) in [5, 5.41) is 7.05. The van der Waals surface area contributed by atoms with Gasteiger partial charge in [-0.25, -0.2) is 0 Å². The SMILES string of the molecule is CCN(CC)C(=O)Cn1c(-c2cccc(C)c2)n[nH]c1=S. The average Bonchev–Trinajstić information content (AvgIpc) is 2.82. The van der Waals surface area contributed by atoms with Crippen molar-refractivity contribution < 1.29 is 4.79 Å². The highest BCUT2D eigenvalue weighted by molar-refractivity contribution is 7.71. The Labute approximate surface area is 129 Å². The highest BCUT2D eigenvalue weighted by atomic mass is 32.1. The fourth-order valence-corrected chi connectivity index (χ4v) is 2.48. The van der Waals surface area contributed by atoms with Crippen molar-refractivity contribution in [3.63, 3.8) is 0 Å². The van der Waals surface area contributed by atoms with E-state index in [1.165, 1.54) is 0 Å². The van der Waals surface area contributed by atoms with Gasteiger partial charge < -0.3 is 4.90 Å². The summed E-state index contributed by atoms with van der Waals surface area (Å²) in [5.74, 6) is 0.746. The number of amides is 1. The number of likely N-dealkylation sites (N-methyl/N-ethyl adjacent to an activating group) is 1. The molecule has 0 unspecified atom stereocenters. The molecule has 2 aromatic rings. The largest absolute Gasteiger partial charge is 0.342 e. The molecular formula is C15H20N4OS. The van der Waals surface area contributed by atoms with Crippen molar-refractivity contribution in [1.29, 1.82) is 0 Å². The van der Waals surface area contributed by atoms with E-state index in [4.69, 9.17) is 12.2 Å². The van der Waals surface area contributed by atoms with Crippen LogP contribution in [0.25, 0.3) is 11.4 Å². The minimum atomic E-state index is 0.0476. The second kappa shape index (κ2) is 6.67. The van der Waals surface area contributed by atoms with Crippen LogP contribution in [0.3, 0.4) is 0 Å². The van der Waals surface area contributed by atoms with Crippen molar-refractivity contribution in [1.82, 2.24) is 19.7 Å². The molecule has 1 aromatic carbocycles. The Morgan fingerprint density at radius 3 is 2.71 bits per heavy atom. The normalized spacial score (nSPS) is 10.6. The minimum absolute atomic E-state index is 0.0476. The van der Waals surface area contributed by atoms with Gasteiger partial charge in [-0.15, -0.1) is 0 Å². The van der Waals surface area contributed by atoms with Gasteiger partial charge in [0.15, 0.2) is 10.6 Å². The Bertz CT molecular complexity index is 685. The predicted molar refractivity (Wildman–Crippen MR) is 85.5 cm³/mol. The molecule has 0 atom stereocenters. The van der Waals surface area contributed by atoms with Crippen molar-refractivity contribution in [2.24, 2.45) is 0 Å². The highest BCUT2D eigenvalue weighted by Gasteiger charge is 2.15. The maximum Gasteiger partial charge on any atom is 0.242 e. The molecule has 0 saturated heterocycles. The van der Waals surface area contributed by atoms with E-state index in [1.807, 2.05) is 45.0 Å². The molecule has 112 valence electrons. The number of aryl methyl sites for hydroxylation is 1. The van der Waals surface area contributed by atoms with E-state index >= 15 is 0 Å². The fraction of sp³-hybridized carbons (Fsp3) is 0.400. The van der Waals surface area contributed by atoms with Crippen LogP contribution in [0.2, 0.25) is 0 Å². The Balaban J connectivity index is 2.35. The number of nitrogens with one attached hydrogen (secondary N) is 1. The third kappa shape index (κ3) is 3.39. The van der Waals surface area contributed by atoms with E-state index in [2.05, 4.69) is 10.2 Å². The average molecular weight is 304 g/mol. The molecule has 1 N–H and O–H groups in total. The van der Waals surface area contributed by atoms with Crippen molar-refractivity contribution in [2.45, 2.75) is 27.3 Å². The van der Waals surface area contributed by atoms with Crippen molar-refractivity contribution in [2.75, 3.05) is 13.1 Å². The van der Waals surface area contributed by atoms with Crippen LogP contribution < -0.4 is 0 Å². The molecule has 6 heteroatoms. The maximum atomic E-state index is 12.3. The molecule has 21 heavy (non-hydrogen) atoms. The monoisotopic (exact) mass is 304 g/mol. The first kappa shape index (κ1) is 15.4. The van der Waals surface area contributed by atoms with Crippen LogP contribution in [0.1, 0.15) is 19.4 Å². The van der Waals surface area contributed by atoms with Crippen molar-refractivity contribution in [3.05, 3.63) is 34.6 Å². The standard InChI is InChI=1S/C15H20N4OS/c1-4-18(5-2)13(20)10-19-14(16-17-15(19)21)12-8-6-7-11(3)9-12/h6-9H,4-5,10H2,1-3H3,(H,17,21). The van der Waals surface area contributed by atoms with Gasteiger partial charge in [0.1, 0.15) is 6.54 Å². The van der Waals surface area contributed by atoms with E-state index < -0.39 is 0 Å². The summed E-state index contributed by atoms with van der Waals surface area (Å²) in [7, 11) is 0. The molecule has 0 fully saturated rings. The van der Waals surface area contributed by atoms with Crippen LogP contribution in [0.15, 0.2) is 24.3 Å². The van der Waals surface area contributed by atoms with Crippen LogP contribution >= 0.6 is 12.2 Å². The third-order valence-corrected chi connectivity index (χ3v) is 3.76. The number of rotatable bonds is 5. The zero-order valence-electron chi connectivity index (χ0n) is 12.6. The van der Waals surface area contributed by atoms with E-state index in [1.54, 1.807) is 9.47 Å². The quantitative estimate of drug-likeness (QED) is 0.864. The number of carbonyl (C=O) groups excluding carboxylic acids is 1. The van der Waals surface area contributed by atoms with E-state index in [-0.39, 0.29) is 12.5 Å². The molecule has 0 aliphatic heterocycles. The number of hydrogen-bond acceptors (Lipinski definition) is 3. The molecule has 0 spiro atoms. The van der Waals surface area contributed by atoms with E-state index in [0.29, 0.717) is 23.7 Å². The Morgan fingerprint density at radius 1 is 1.38 bits per heavy atom. The molecule has 5 nitrogen and oxygen atoms in total. The second-order valence-corrected chi connectivity index (χ2v) is 5.26. The van der Waals surface area contributed by atoms with Crippen molar-refractivity contribution >= 4 is 18.1 Å². The fourth-order valence-electron chi connectivity index (χ4n) is 2.28. The summed E-state index contributed by atoms with van der Waals surface area (Å²) in [6, 6.07) is 7.99. The summed E-state index contributed by atoms with van der Waals surface area (Å²) in [6.45, 7) is 7.56. The topological polar surface area (TPSA) is 53.9 Å². The van der Waals surface area contributed by atoms with Crippen LogP contribution in [0, 0.1) is 11.7 Å². The number of nitrogens with zero attached hydrogens (tertiary/aromatic N) is 3. The zero-order chi connectivity index (χ0) is 15.4. The van der Waals surface area contributed by atoms with Gasteiger partial charge in [-0.1, -0.05) is 23.8 Å². The van der Waals surface area contributed by atoms with Gasteiger partial charge in [0, 0.05) is 18.7 Å². The molecule has 1 amide bonds. The van der Waals surface area contributed by atoms with Gasteiger partial charge in [-0.2, -0.15) is 5.10 Å². The van der Waals surface area contributed by atoms with Crippen LogP contribution in [0.5, 0.6) is 0 Å². The molecule has 0 aliphatic rings. The number of hydrogen-bond donors (Lipinski definition) is 1. The third-order valence-electron chi connectivity index (χ3n) is 3.44. The molecule has 0 bridgehead atoms. The highest BCUT2D eigenvalue weighted by Crippen LogP contribution is 2.18. The number of benzene rings is 1. The zero-order valence-corrected chi connectivity index (χ0v) is 13.4. The lowest BCUT2D eigenvalue weighted by Gasteiger charge is -2.19. The molecule has 1 aromatic heterocycles. The first-order valence-electron chi connectivity index (χ1n) is 7.06. The van der Waals surface area contributed by atoms with Gasteiger partial charge in [0.05, 0.1) is 0 Å². The summed E-state index contributed by atoms with van der Waals surface area (Å²) in [6.07, 6.45) is 0. The minimum Gasteiger partial charge on any atom is -0.342 e. The molecule has 0 aliphatic carbocycles. The summed E-state index contributed by atoms with van der Waals surface area (Å²) in [4.78, 5) is 14.1. The van der Waals surface area contributed by atoms with E-state index in [9.17, 15) is 4.79 Å². The lowest BCUT2D eigenvalue weighted by Crippen LogP contribution is -2.33. The maximum absolute atomic E-state index is 12.3. The Kier molecular flexibility index (Phi) is 4.90. The molecule has 0 saturated carbocycles.